The van der Waals surface area contributed by atoms with Crippen LogP contribution in [0.3, 0.4) is 0 Å². The predicted molar refractivity (Wildman–Crippen MR) is 244 cm³/mol. The van der Waals surface area contributed by atoms with Gasteiger partial charge in [-0.1, -0.05) is 140 Å². The number of benzene rings is 9. The van der Waals surface area contributed by atoms with E-state index in [0.29, 0.717) is 0 Å². The molecule has 3 heterocycles. The summed E-state index contributed by atoms with van der Waals surface area (Å²) in [5.74, 6) is 3.35. The molecule has 2 aliphatic heterocycles. The first-order chi connectivity index (χ1) is 29.2. The number of nitrogens with zero attached hydrogens (tertiary/aromatic N) is 2. The maximum atomic E-state index is 6.86. The Labute approximate surface area is 342 Å². The summed E-state index contributed by atoms with van der Waals surface area (Å²) in [6.07, 6.45) is 0. The molecule has 276 valence electrons. The number of para-hydroxylation sites is 2. The van der Waals surface area contributed by atoms with Crippen molar-refractivity contribution < 1.29 is 9.47 Å². The number of hydrogen-bond donors (Lipinski definition) is 0. The Morgan fingerprint density at radius 2 is 0.881 bits per heavy atom. The molecule has 0 unspecified atom stereocenters. The minimum absolute atomic E-state index is 0.0743. The van der Waals surface area contributed by atoms with Crippen LogP contribution in [0.1, 0.15) is 0 Å². The summed E-state index contributed by atoms with van der Waals surface area (Å²) < 4.78 is 16.0. The molecular formula is C54H35BN2O2. The van der Waals surface area contributed by atoms with Gasteiger partial charge in [-0.3, -0.25) is 0 Å². The molecule has 10 aromatic rings. The molecule has 0 saturated heterocycles. The van der Waals surface area contributed by atoms with Crippen LogP contribution < -0.4 is 30.8 Å². The first-order valence-electron chi connectivity index (χ1n) is 20.1. The van der Waals surface area contributed by atoms with Gasteiger partial charge in [0.2, 0.25) is 0 Å². The largest absolute Gasteiger partial charge is 0.458 e. The van der Waals surface area contributed by atoms with Crippen LogP contribution in [0.5, 0.6) is 23.0 Å². The monoisotopic (exact) mass is 754 g/mol. The highest BCUT2D eigenvalue weighted by Gasteiger charge is 2.41. The van der Waals surface area contributed by atoms with Gasteiger partial charge in [0.1, 0.15) is 23.0 Å². The Balaban J connectivity index is 1.01. The van der Waals surface area contributed by atoms with Gasteiger partial charge in [0.25, 0.3) is 6.71 Å². The topological polar surface area (TPSA) is 26.6 Å². The lowest BCUT2D eigenvalue weighted by molar-refractivity contribution is 0.465. The first-order valence-corrected chi connectivity index (χ1v) is 20.1. The number of hydrogen-bond acceptors (Lipinski definition) is 3. The Morgan fingerprint density at radius 1 is 0.356 bits per heavy atom. The van der Waals surface area contributed by atoms with E-state index in [9.17, 15) is 0 Å². The standard InChI is InChI=1S/C54H35BN2O2/c1-4-13-36(14-5-1)38-23-27-41(28-24-38)56(42-29-25-39(26-30-42)37-15-6-2-7-16-37)43-31-32-46-52(33-43)58-50-21-12-22-51-54(50)55(46)47-34-45-44-19-10-11-20-48(44)57(40-17-8-3-9-18-40)49(45)35-53(47)59-51/h1-35H. The molecule has 0 radical (unpaired) electrons. The van der Waals surface area contributed by atoms with Crippen molar-refractivity contribution in [2.24, 2.45) is 0 Å². The average Bonchev–Trinajstić information content (AvgIpc) is 3.62. The molecule has 2 aliphatic rings. The van der Waals surface area contributed by atoms with Gasteiger partial charge in [-0.05, 0) is 93.8 Å². The summed E-state index contributed by atoms with van der Waals surface area (Å²) in [6.45, 7) is -0.0743. The number of fused-ring (bicyclic) bond motifs is 7. The number of rotatable bonds is 6. The number of ether oxygens (including phenoxy) is 2. The van der Waals surface area contributed by atoms with Crippen LogP contribution >= 0.6 is 0 Å². The van der Waals surface area contributed by atoms with E-state index in [1.165, 1.54) is 38.5 Å². The third kappa shape index (κ3) is 5.47. The van der Waals surface area contributed by atoms with Crippen LogP contribution in [0.4, 0.5) is 17.1 Å². The van der Waals surface area contributed by atoms with Crippen LogP contribution in [0.25, 0.3) is 49.7 Å². The van der Waals surface area contributed by atoms with E-state index in [1.54, 1.807) is 0 Å². The maximum Gasteiger partial charge on any atom is 0.260 e. The van der Waals surface area contributed by atoms with E-state index >= 15 is 0 Å². The molecule has 5 heteroatoms. The van der Waals surface area contributed by atoms with Crippen molar-refractivity contribution in [2.45, 2.75) is 0 Å². The molecule has 0 spiro atoms. The van der Waals surface area contributed by atoms with E-state index < -0.39 is 0 Å². The zero-order valence-corrected chi connectivity index (χ0v) is 32.0. The van der Waals surface area contributed by atoms with Crippen molar-refractivity contribution in [2.75, 3.05) is 4.90 Å². The predicted octanol–water partition coefficient (Wildman–Crippen LogP) is 12.3. The van der Waals surface area contributed by atoms with Crippen molar-refractivity contribution >= 4 is 62.0 Å². The Bertz CT molecular complexity index is 3120. The molecular weight excluding hydrogens is 719 g/mol. The molecule has 59 heavy (non-hydrogen) atoms. The van der Waals surface area contributed by atoms with Crippen molar-refractivity contribution in [1.82, 2.24) is 4.57 Å². The second-order valence-electron chi connectivity index (χ2n) is 15.3. The summed E-state index contributed by atoms with van der Waals surface area (Å²) in [6, 6.07) is 75.4. The van der Waals surface area contributed by atoms with Crippen LogP contribution in [0.2, 0.25) is 0 Å². The van der Waals surface area contributed by atoms with Gasteiger partial charge in [0.15, 0.2) is 0 Å². The van der Waals surface area contributed by atoms with Gasteiger partial charge in [0.05, 0.1) is 11.0 Å². The molecule has 0 atom stereocenters. The fourth-order valence-corrected chi connectivity index (χ4v) is 9.19. The van der Waals surface area contributed by atoms with Crippen molar-refractivity contribution in [1.29, 1.82) is 0 Å². The highest BCUT2D eigenvalue weighted by molar-refractivity contribution is 6.98. The SMILES string of the molecule is c1ccc(-c2ccc(N(c3ccc(-c4ccccc4)cc3)c3ccc4c(c3)Oc3cccc5c3B4c3cc4c6ccccc6n(-c6ccccc6)c4cc3O5)cc2)cc1. The lowest BCUT2D eigenvalue weighted by atomic mass is 9.35. The highest BCUT2D eigenvalue weighted by atomic mass is 16.5. The summed E-state index contributed by atoms with van der Waals surface area (Å²) in [4.78, 5) is 2.32. The Morgan fingerprint density at radius 3 is 1.51 bits per heavy atom. The minimum atomic E-state index is -0.0743. The first kappa shape index (κ1) is 33.4. The van der Waals surface area contributed by atoms with Crippen molar-refractivity contribution in [3.8, 4) is 50.9 Å². The molecule has 0 saturated carbocycles. The lowest BCUT2D eigenvalue weighted by Gasteiger charge is -2.34. The summed E-state index contributed by atoms with van der Waals surface area (Å²) in [5.41, 5.74) is 14.6. The molecule has 0 aliphatic carbocycles. The van der Waals surface area contributed by atoms with Crippen LogP contribution in [0.15, 0.2) is 212 Å². The smallest absolute Gasteiger partial charge is 0.260 e. The molecule has 1 aromatic heterocycles. The third-order valence-corrected chi connectivity index (χ3v) is 11.9. The Hall–Kier alpha value is -7.76. The maximum absolute atomic E-state index is 6.86. The summed E-state index contributed by atoms with van der Waals surface area (Å²) in [7, 11) is 0. The minimum Gasteiger partial charge on any atom is -0.458 e. The molecule has 0 N–H and O–H groups in total. The van der Waals surface area contributed by atoms with Crippen molar-refractivity contribution in [3.05, 3.63) is 212 Å². The van der Waals surface area contributed by atoms with Crippen molar-refractivity contribution in [3.63, 3.8) is 0 Å². The summed E-state index contributed by atoms with van der Waals surface area (Å²) >= 11 is 0. The highest BCUT2D eigenvalue weighted by Crippen LogP contribution is 2.42. The number of aromatic nitrogens is 1. The van der Waals surface area contributed by atoms with E-state index in [-0.39, 0.29) is 6.71 Å². The van der Waals surface area contributed by atoms with Gasteiger partial charge in [-0.25, -0.2) is 0 Å². The van der Waals surface area contributed by atoms with Crippen LogP contribution in [-0.2, 0) is 0 Å². The van der Waals surface area contributed by atoms with Gasteiger partial charge < -0.3 is 18.9 Å². The lowest BCUT2D eigenvalue weighted by Crippen LogP contribution is -2.57. The van der Waals surface area contributed by atoms with Crippen LogP contribution in [-0.4, -0.2) is 11.3 Å². The summed E-state index contributed by atoms with van der Waals surface area (Å²) in [5, 5.41) is 2.41. The number of anilines is 3. The van der Waals surface area contributed by atoms with E-state index in [1.807, 2.05) is 6.07 Å². The Kier molecular flexibility index (Phi) is 7.60. The average molecular weight is 755 g/mol. The van der Waals surface area contributed by atoms with Gasteiger partial charge in [-0.2, -0.15) is 0 Å². The molecule has 0 bridgehead atoms. The second kappa shape index (κ2) is 13.4. The third-order valence-electron chi connectivity index (χ3n) is 11.9. The van der Waals surface area contributed by atoms with E-state index in [4.69, 9.17) is 9.47 Å². The zero-order valence-electron chi connectivity index (χ0n) is 32.0. The normalized spacial score (nSPS) is 12.3. The van der Waals surface area contributed by atoms with Gasteiger partial charge in [0, 0.05) is 51.1 Å². The quantitative estimate of drug-likeness (QED) is 0.158. The fourth-order valence-electron chi connectivity index (χ4n) is 9.19. The van der Waals surface area contributed by atoms with E-state index in [2.05, 4.69) is 216 Å². The fraction of sp³-hybridized carbons (Fsp3) is 0. The van der Waals surface area contributed by atoms with E-state index in [0.717, 1.165) is 67.7 Å². The van der Waals surface area contributed by atoms with Crippen LogP contribution in [0, 0.1) is 0 Å². The van der Waals surface area contributed by atoms with Gasteiger partial charge in [-0.15, -0.1) is 0 Å². The molecule has 4 nitrogen and oxygen atoms in total. The zero-order chi connectivity index (χ0) is 38.9. The molecule has 0 fully saturated rings. The molecule has 12 rings (SSSR count). The molecule has 0 amide bonds. The second-order valence-corrected chi connectivity index (χ2v) is 15.3. The molecule has 9 aromatic carbocycles. The van der Waals surface area contributed by atoms with Gasteiger partial charge >= 0.3 is 0 Å².